The summed E-state index contributed by atoms with van der Waals surface area (Å²) in [5.41, 5.74) is 1.31. The molecular formula is C21H26N2O3. The molecule has 4 rings (SSSR count). The third-order valence-corrected chi connectivity index (χ3v) is 5.04. The maximum Gasteiger partial charge on any atom is 0.231 e. The minimum absolute atomic E-state index is 0.342. The van der Waals surface area contributed by atoms with Gasteiger partial charge in [-0.2, -0.15) is 0 Å². The van der Waals surface area contributed by atoms with E-state index in [0.717, 1.165) is 69.5 Å². The van der Waals surface area contributed by atoms with Gasteiger partial charge in [-0.3, -0.25) is 4.90 Å². The molecule has 26 heavy (non-hydrogen) atoms. The van der Waals surface area contributed by atoms with Gasteiger partial charge in [0.1, 0.15) is 12.4 Å². The van der Waals surface area contributed by atoms with E-state index in [0.29, 0.717) is 6.79 Å². The van der Waals surface area contributed by atoms with Crippen LogP contribution >= 0.6 is 0 Å². The van der Waals surface area contributed by atoms with Gasteiger partial charge in [-0.25, -0.2) is 0 Å². The van der Waals surface area contributed by atoms with Crippen molar-refractivity contribution in [1.82, 2.24) is 9.80 Å². The highest BCUT2D eigenvalue weighted by atomic mass is 16.7. The highest BCUT2D eigenvalue weighted by Gasteiger charge is 2.17. The number of benzene rings is 2. The van der Waals surface area contributed by atoms with Gasteiger partial charge < -0.3 is 19.1 Å². The van der Waals surface area contributed by atoms with Gasteiger partial charge in [0.25, 0.3) is 0 Å². The maximum absolute atomic E-state index is 5.80. The van der Waals surface area contributed by atoms with Crippen molar-refractivity contribution in [2.24, 2.45) is 0 Å². The molecule has 0 atom stereocenters. The van der Waals surface area contributed by atoms with Gasteiger partial charge >= 0.3 is 0 Å². The molecule has 2 aromatic carbocycles. The lowest BCUT2D eigenvalue weighted by Gasteiger charge is -2.34. The molecule has 2 aromatic rings. The number of nitrogens with zero attached hydrogens (tertiary/aromatic N) is 2. The molecule has 0 bridgehead atoms. The molecule has 138 valence electrons. The zero-order chi connectivity index (χ0) is 17.6. The zero-order valence-corrected chi connectivity index (χ0v) is 15.1. The standard InChI is InChI=1S/C21H26N2O3/c1-2-4-19(5-3-1)24-15-14-23-12-10-22(11-13-23)9-8-18-6-7-20-21(16-18)26-17-25-20/h1-7,16H,8-15,17H2. The highest BCUT2D eigenvalue weighted by molar-refractivity contribution is 5.44. The van der Waals surface area contributed by atoms with Crippen LogP contribution in [0.15, 0.2) is 48.5 Å². The summed E-state index contributed by atoms with van der Waals surface area (Å²) in [5, 5.41) is 0. The third kappa shape index (κ3) is 4.48. The van der Waals surface area contributed by atoms with E-state index in [-0.39, 0.29) is 0 Å². The summed E-state index contributed by atoms with van der Waals surface area (Å²) in [4.78, 5) is 5.03. The normalized spacial score (nSPS) is 17.4. The van der Waals surface area contributed by atoms with Crippen LogP contribution in [-0.4, -0.2) is 62.5 Å². The number of ether oxygens (including phenoxy) is 3. The fourth-order valence-corrected chi connectivity index (χ4v) is 3.43. The molecule has 1 fully saturated rings. The Balaban J connectivity index is 1.15. The first kappa shape index (κ1) is 17.2. The van der Waals surface area contributed by atoms with Crippen molar-refractivity contribution >= 4 is 0 Å². The predicted octanol–water partition coefficient (Wildman–Crippen LogP) is 2.65. The average molecular weight is 354 g/mol. The van der Waals surface area contributed by atoms with Crippen molar-refractivity contribution in [3.8, 4) is 17.2 Å². The van der Waals surface area contributed by atoms with Crippen molar-refractivity contribution in [2.45, 2.75) is 6.42 Å². The van der Waals surface area contributed by atoms with Crippen LogP contribution in [0, 0.1) is 0 Å². The second-order valence-electron chi connectivity index (χ2n) is 6.78. The molecule has 0 N–H and O–H groups in total. The molecule has 0 radical (unpaired) electrons. The molecule has 0 amide bonds. The van der Waals surface area contributed by atoms with Crippen molar-refractivity contribution in [1.29, 1.82) is 0 Å². The van der Waals surface area contributed by atoms with Crippen LogP contribution in [0.4, 0.5) is 0 Å². The van der Waals surface area contributed by atoms with Crippen LogP contribution in [0.3, 0.4) is 0 Å². The molecule has 1 saturated heterocycles. The summed E-state index contributed by atoms with van der Waals surface area (Å²) in [7, 11) is 0. The lowest BCUT2D eigenvalue weighted by atomic mass is 10.1. The fraction of sp³-hybridized carbons (Fsp3) is 0.429. The van der Waals surface area contributed by atoms with Crippen LogP contribution in [0.5, 0.6) is 17.2 Å². The third-order valence-electron chi connectivity index (χ3n) is 5.04. The van der Waals surface area contributed by atoms with Gasteiger partial charge in [-0.15, -0.1) is 0 Å². The maximum atomic E-state index is 5.80. The Bertz CT molecular complexity index is 700. The van der Waals surface area contributed by atoms with E-state index in [9.17, 15) is 0 Å². The average Bonchev–Trinajstić information content (AvgIpc) is 3.16. The first-order chi connectivity index (χ1) is 12.9. The van der Waals surface area contributed by atoms with Crippen LogP contribution in [0.25, 0.3) is 0 Å². The van der Waals surface area contributed by atoms with Crippen molar-refractivity contribution in [3.63, 3.8) is 0 Å². The lowest BCUT2D eigenvalue weighted by Crippen LogP contribution is -2.47. The van der Waals surface area contributed by atoms with Crippen LogP contribution < -0.4 is 14.2 Å². The summed E-state index contributed by atoms with van der Waals surface area (Å²) in [5.74, 6) is 2.70. The van der Waals surface area contributed by atoms with Crippen molar-refractivity contribution in [2.75, 3.05) is 52.7 Å². The highest BCUT2D eigenvalue weighted by Crippen LogP contribution is 2.32. The lowest BCUT2D eigenvalue weighted by molar-refractivity contribution is 0.118. The van der Waals surface area contributed by atoms with Gasteiger partial charge in [0, 0.05) is 39.3 Å². The zero-order valence-electron chi connectivity index (χ0n) is 15.1. The summed E-state index contributed by atoms with van der Waals surface area (Å²) < 4.78 is 16.6. The van der Waals surface area contributed by atoms with Gasteiger partial charge in [0.15, 0.2) is 11.5 Å². The Kier molecular flexibility index (Phi) is 5.57. The minimum atomic E-state index is 0.342. The number of piperazine rings is 1. The molecule has 2 heterocycles. The molecule has 0 aliphatic carbocycles. The Morgan fingerprint density at radius 1 is 0.808 bits per heavy atom. The largest absolute Gasteiger partial charge is 0.492 e. The van der Waals surface area contributed by atoms with Gasteiger partial charge in [0.2, 0.25) is 6.79 Å². The van der Waals surface area contributed by atoms with E-state index >= 15 is 0 Å². The van der Waals surface area contributed by atoms with E-state index < -0.39 is 0 Å². The van der Waals surface area contributed by atoms with Gasteiger partial charge in [-0.05, 0) is 36.2 Å². The number of hydrogen-bond donors (Lipinski definition) is 0. The number of para-hydroxylation sites is 1. The number of fused-ring (bicyclic) bond motifs is 1. The fourth-order valence-electron chi connectivity index (χ4n) is 3.43. The van der Waals surface area contributed by atoms with Crippen molar-refractivity contribution < 1.29 is 14.2 Å². The summed E-state index contributed by atoms with van der Waals surface area (Å²) in [6.07, 6.45) is 1.05. The summed E-state index contributed by atoms with van der Waals surface area (Å²) in [6.45, 7) is 7.64. The topological polar surface area (TPSA) is 34.2 Å². The molecule has 0 aromatic heterocycles. The number of hydrogen-bond acceptors (Lipinski definition) is 5. The van der Waals surface area contributed by atoms with Crippen molar-refractivity contribution in [3.05, 3.63) is 54.1 Å². The molecule has 0 unspecified atom stereocenters. The molecule has 2 aliphatic heterocycles. The monoisotopic (exact) mass is 354 g/mol. The van der Waals surface area contributed by atoms with Crippen LogP contribution in [0.1, 0.15) is 5.56 Å². The van der Waals surface area contributed by atoms with Crippen LogP contribution in [0.2, 0.25) is 0 Å². The van der Waals surface area contributed by atoms with E-state index in [1.54, 1.807) is 0 Å². The molecule has 5 nitrogen and oxygen atoms in total. The molecule has 0 saturated carbocycles. The Morgan fingerprint density at radius 2 is 1.54 bits per heavy atom. The molecule has 2 aliphatic rings. The smallest absolute Gasteiger partial charge is 0.231 e. The van der Waals surface area contributed by atoms with E-state index in [2.05, 4.69) is 21.9 Å². The summed E-state index contributed by atoms with van der Waals surface area (Å²) in [6, 6.07) is 16.3. The first-order valence-corrected chi connectivity index (χ1v) is 9.38. The van der Waals surface area contributed by atoms with E-state index in [1.807, 2.05) is 36.4 Å². The SMILES string of the molecule is c1ccc(OCCN2CCN(CCc3ccc4c(c3)OCO4)CC2)cc1. The Labute approximate surface area is 155 Å². The van der Waals surface area contributed by atoms with Crippen LogP contribution in [-0.2, 0) is 6.42 Å². The van der Waals surface area contributed by atoms with Gasteiger partial charge in [0.05, 0.1) is 0 Å². The second-order valence-corrected chi connectivity index (χ2v) is 6.78. The Hall–Kier alpha value is -2.24. The van der Waals surface area contributed by atoms with E-state index in [1.165, 1.54) is 5.56 Å². The van der Waals surface area contributed by atoms with E-state index in [4.69, 9.17) is 14.2 Å². The summed E-state index contributed by atoms with van der Waals surface area (Å²) >= 11 is 0. The number of rotatable bonds is 7. The quantitative estimate of drug-likeness (QED) is 0.764. The first-order valence-electron chi connectivity index (χ1n) is 9.38. The second kappa shape index (κ2) is 8.43. The Morgan fingerprint density at radius 3 is 2.35 bits per heavy atom. The predicted molar refractivity (Wildman–Crippen MR) is 101 cm³/mol. The molecule has 5 heteroatoms. The molecule has 0 spiro atoms. The molecular weight excluding hydrogens is 328 g/mol. The minimum Gasteiger partial charge on any atom is -0.492 e. The van der Waals surface area contributed by atoms with Gasteiger partial charge in [-0.1, -0.05) is 24.3 Å².